The van der Waals surface area contributed by atoms with Gasteiger partial charge in [0.15, 0.2) is 0 Å². The summed E-state index contributed by atoms with van der Waals surface area (Å²) < 4.78 is 0. The molecule has 0 aliphatic rings. The molecule has 0 amide bonds. The molecule has 19 heavy (non-hydrogen) atoms. The first-order valence-electron chi connectivity index (χ1n) is 5.79. The SMILES string of the molecule is O=c1[nH]nc(N(CCO)Cc2ccccc2)c(=O)[nH]1. The third-order valence-electron chi connectivity index (χ3n) is 2.58. The number of hydrogen-bond donors (Lipinski definition) is 3. The van der Waals surface area contributed by atoms with Crippen molar-refractivity contribution in [1.29, 1.82) is 0 Å². The monoisotopic (exact) mass is 262 g/mol. The largest absolute Gasteiger partial charge is 0.395 e. The third-order valence-corrected chi connectivity index (χ3v) is 2.58. The predicted octanol–water partition coefficient (Wildman–Crippen LogP) is -0.543. The fourth-order valence-electron chi connectivity index (χ4n) is 1.74. The van der Waals surface area contributed by atoms with E-state index in [1.807, 2.05) is 30.3 Å². The molecule has 7 nitrogen and oxygen atoms in total. The van der Waals surface area contributed by atoms with Gasteiger partial charge in [-0.2, -0.15) is 0 Å². The van der Waals surface area contributed by atoms with E-state index in [1.54, 1.807) is 4.90 Å². The zero-order valence-electron chi connectivity index (χ0n) is 10.2. The van der Waals surface area contributed by atoms with Crippen LogP contribution in [0.4, 0.5) is 5.82 Å². The molecule has 0 aliphatic heterocycles. The molecule has 1 aromatic heterocycles. The van der Waals surface area contributed by atoms with E-state index < -0.39 is 11.2 Å². The van der Waals surface area contributed by atoms with Gasteiger partial charge in [-0.25, -0.2) is 9.89 Å². The molecule has 0 spiro atoms. The molecule has 0 saturated carbocycles. The summed E-state index contributed by atoms with van der Waals surface area (Å²) in [7, 11) is 0. The van der Waals surface area contributed by atoms with Crippen LogP contribution in [0.3, 0.4) is 0 Å². The van der Waals surface area contributed by atoms with Crippen molar-refractivity contribution < 1.29 is 5.11 Å². The van der Waals surface area contributed by atoms with E-state index in [-0.39, 0.29) is 19.0 Å². The lowest BCUT2D eigenvalue weighted by atomic mass is 10.2. The van der Waals surface area contributed by atoms with Crippen LogP contribution in [0.5, 0.6) is 0 Å². The van der Waals surface area contributed by atoms with E-state index in [2.05, 4.69) is 15.2 Å². The number of rotatable bonds is 5. The number of nitrogens with one attached hydrogen (secondary N) is 2. The second kappa shape index (κ2) is 5.96. The van der Waals surface area contributed by atoms with Crippen molar-refractivity contribution in [2.75, 3.05) is 18.1 Å². The summed E-state index contributed by atoms with van der Waals surface area (Å²) in [5.74, 6) is 0.0810. The van der Waals surface area contributed by atoms with Gasteiger partial charge in [0.1, 0.15) is 0 Å². The number of aromatic nitrogens is 3. The Kier molecular flexibility index (Phi) is 4.09. The van der Waals surface area contributed by atoms with Gasteiger partial charge in [-0.3, -0.25) is 9.78 Å². The highest BCUT2D eigenvalue weighted by Crippen LogP contribution is 2.08. The van der Waals surface area contributed by atoms with Crippen LogP contribution in [-0.2, 0) is 6.54 Å². The van der Waals surface area contributed by atoms with E-state index in [4.69, 9.17) is 5.11 Å². The van der Waals surface area contributed by atoms with E-state index in [0.29, 0.717) is 6.54 Å². The molecular formula is C12H14N4O3. The van der Waals surface area contributed by atoms with Crippen molar-refractivity contribution in [1.82, 2.24) is 15.2 Å². The number of hydrogen-bond acceptors (Lipinski definition) is 5. The van der Waals surface area contributed by atoms with Crippen LogP contribution in [0.2, 0.25) is 0 Å². The number of H-pyrrole nitrogens is 2. The molecule has 0 aliphatic carbocycles. The first-order valence-corrected chi connectivity index (χ1v) is 5.79. The van der Waals surface area contributed by atoms with E-state index in [9.17, 15) is 9.59 Å². The minimum Gasteiger partial charge on any atom is -0.395 e. The second-order valence-electron chi connectivity index (χ2n) is 3.96. The molecule has 0 unspecified atom stereocenters. The zero-order chi connectivity index (χ0) is 13.7. The molecule has 2 rings (SSSR count). The Morgan fingerprint density at radius 1 is 1.21 bits per heavy atom. The van der Waals surface area contributed by atoms with Crippen LogP contribution >= 0.6 is 0 Å². The van der Waals surface area contributed by atoms with Crippen molar-refractivity contribution in [2.45, 2.75) is 6.54 Å². The number of aromatic amines is 2. The molecule has 0 radical (unpaired) electrons. The average molecular weight is 262 g/mol. The minimum absolute atomic E-state index is 0.0810. The van der Waals surface area contributed by atoms with Crippen molar-refractivity contribution >= 4 is 5.82 Å². The Morgan fingerprint density at radius 3 is 2.58 bits per heavy atom. The molecule has 0 fully saturated rings. The van der Waals surface area contributed by atoms with Gasteiger partial charge in [-0.15, -0.1) is 5.10 Å². The standard InChI is InChI=1S/C12H14N4O3/c17-7-6-16(8-9-4-2-1-3-5-9)10-11(18)13-12(19)15-14-10/h1-5,17H,6-8H2,(H2,13,15,18,19). The molecule has 1 heterocycles. The molecule has 100 valence electrons. The predicted molar refractivity (Wildman–Crippen MR) is 70.1 cm³/mol. The van der Waals surface area contributed by atoms with Crippen LogP contribution in [0.25, 0.3) is 0 Å². The maximum absolute atomic E-state index is 11.7. The summed E-state index contributed by atoms with van der Waals surface area (Å²) in [6.45, 7) is 0.549. The maximum atomic E-state index is 11.7. The summed E-state index contributed by atoms with van der Waals surface area (Å²) in [4.78, 5) is 26.3. The zero-order valence-corrected chi connectivity index (χ0v) is 10.2. The van der Waals surface area contributed by atoms with Crippen LogP contribution in [-0.4, -0.2) is 33.4 Å². The normalized spacial score (nSPS) is 10.4. The lowest BCUT2D eigenvalue weighted by Crippen LogP contribution is -2.35. The number of aliphatic hydroxyl groups is 1. The number of anilines is 1. The summed E-state index contributed by atoms with van der Waals surface area (Å²) in [6, 6.07) is 9.48. The number of aliphatic hydroxyl groups excluding tert-OH is 1. The van der Waals surface area contributed by atoms with Gasteiger partial charge in [0, 0.05) is 13.1 Å². The van der Waals surface area contributed by atoms with Gasteiger partial charge in [0.2, 0.25) is 5.82 Å². The molecule has 0 saturated heterocycles. The van der Waals surface area contributed by atoms with Gasteiger partial charge < -0.3 is 10.0 Å². The number of nitrogens with zero attached hydrogens (tertiary/aromatic N) is 2. The Labute approximate surface area is 108 Å². The Morgan fingerprint density at radius 2 is 1.95 bits per heavy atom. The summed E-state index contributed by atoms with van der Waals surface area (Å²) in [5, 5.41) is 15.0. The Hall–Kier alpha value is -2.41. The lowest BCUT2D eigenvalue weighted by molar-refractivity contribution is 0.301. The van der Waals surface area contributed by atoms with Gasteiger partial charge in [0.25, 0.3) is 5.56 Å². The fraction of sp³-hybridized carbons (Fsp3) is 0.250. The molecule has 0 bridgehead atoms. The fourth-order valence-corrected chi connectivity index (χ4v) is 1.74. The summed E-state index contributed by atoms with van der Waals surface area (Å²) in [6.07, 6.45) is 0. The molecule has 3 N–H and O–H groups in total. The Balaban J connectivity index is 2.29. The van der Waals surface area contributed by atoms with Crippen LogP contribution in [0.1, 0.15) is 5.56 Å². The summed E-state index contributed by atoms with van der Waals surface area (Å²) in [5.41, 5.74) is -0.256. The highest BCUT2D eigenvalue weighted by molar-refractivity contribution is 5.35. The smallest absolute Gasteiger partial charge is 0.342 e. The third kappa shape index (κ3) is 3.29. The van der Waals surface area contributed by atoms with E-state index in [1.165, 1.54) is 0 Å². The van der Waals surface area contributed by atoms with Crippen molar-refractivity contribution in [3.8, 4) is 0 Å². The van der Waals surface area contributed by atoms with E-state index >= 15 is 0 Å². The van der Waals surface area contributed by atoms with Gasteiger partial charge in [-0.1, -0.05) is 30.3 Å². The molecule has 2 aromatic rings. The van der Waals surface area contributed by atoms with E-state index in [0.717, 1.165) is 5.56 Å². The first-order chi connectivity index (χ1) is 9.20. The van der Waals surface area contributed by atoms with Gasteiger partial charge in [0.05, 0.1) is 6.61 Å². The van der Waals surface area contributed by atoms with Crippen molar-refractivity contribution in [2.24, 2.45) is 0 Å². The molecule has 7 heteroatoms. The molecule has 0 atom stereocenters. The quantitative estimate of drug-likeness (QED) is 0.671. The van der Waals surface area contributed by atoms with Crippen LogP contribution in [0.15, 0.2) is 39.9 Å². The van der Waals surface area contributed by atoms with Gasteiger partial charge >= 0.3 is 5.69 Å². The Bertz CT molecular complexity index is 635. The summed E-state index contributed by atoms with van der Waals surface area (Å²) >= 11 is 0. The number of benzene rings is 1. The lowest BCUT2D eigenvalue weighted by Gasteiger charge is -2.21. The van der Waals surface area contributed by atoms with Crippen LogP contribution < -0.4 is 16.1 Å². The maximum Gasteiger partial charge on any atom is 0.342 e. The van der Waals surface area contributed by atoms with Crippen LogP contribution in [0, 0.1) is 0 Å². The molecule has 1 aromatic carbocycles. The first kappa shape index (κ1) is 13.0. The molecular weight excluding hydrogens is 248 g/mol. The van der Waals surface area contributed by atoms with Gasteiger partial charge in [-0.05, 0) is 5.56 Å². The van der Waals surface area contributed by atoms with Crippen molar-refractivity contribution in [3.63, 3.8) is 0 Å². The van der Waals surface area contributed by atoms with Crippen molar-refractivity contribution in [3.05, 3.63) is 56.7 Å². The highest BCUT2D eigenvalue weighted by Gasteiger charge is 2.12. The second-order valence-corrected chi connectivity index (χ2v) is 3.96. The minimum atomic E-state index is -0.655. The average Bonchev–Trinajstić information content (AvgIpc) is 2.39. The highest BCUT2D eigenvalue weighted by atomic mass is 16.3. The topological polar surface area (TPSA) is 102 Å².